The molecule has 1 heterocycles. The molecule has 1 rings (SSSR count). The van der Waals surface area contributed by atoms with Gasteiger partial charge in [0.15, 0.2) is 0 Å². The van der Waals surface area contributed by atoms with Crippen molar-refractivity contribution in [3.05, 3.63) is 23.5 Å². The van der Waals surface area contributed by atoms with E-state index in [9.17, 15) is 4.79 Å². The predicted octanol–water partition coefficient (Wildman–Crippen LogP) is 1.24. The number of anilines is 1. The van der Waals surface area contributed by atoms with E-state index in [0.717, 1.165) is 5.69 Å². The first-order valence-corrected chi connectivity index (χ1v) is 4.53. The number of likely N-dealkylation sites (N-methyl/N-ethyl adjacent to an activating group) is 1. The van der Waals surface area contributed by atoms with Crippen molar-refractivity contribution in [1.82, 2.24) is 9.88 Å². The number of rotatable bonds is 3. The van der Waals surface area contributed by atoms with E-state index >= 15 is 0 Å². The van der Waals surface area contributed by atoms with Crippen molar-refractivity contribution in [1.29, 1.82) is 0 Å². The first-order valence-electron chi connectivity index (χ1n) is 4.15. The Morgan fingerprint density at radius 2 is 2.36 bits per heavy atom. The Bertz CT molecular complexity index is 328. The number of nitrogens with one attached hydrogen (secondary N) is 1. The maximum absolute atomic E-state index is 11.2. The third-order valence-electron chi connectivity index (χ3n) is 1.67. The average Bonchev–Trinajstić information content (AvgIpc) is 2.14. The van der Waals surface area contributed by atoms with Crippen LogP contribution in [0, 0.1) is 0 Å². The molecule has 1 amide bonds. The molecule has 0 radical (unpaired) electrons. The molecule has 76 valence electrons. The lowest BCUT2D eigenvalue weighted by Crippen LogP contribution is -2.28. The summed E-state index contributed by atoms with van der Waals surface area (Å²) in [5.41, 5.74) is 0.792. The summed E-state index contributed by atoms with van der Waals surface area (Å²) in [6.07, 6.45) is 1.59. The maximum atomic E-state index is 11.2. The van der Waals surface area contributed by atoms with Crippen molar-refractivity contribution in [3.8, 4) is 0 Å². The number of aromatic nitrogens is 1. The second kappa shape index (κ2) is 4.81. The fourth-order valence-electron chi connectivity index (χ4n) is 0.848. The molecule has 14 heavy (non-hydrogen) atoms. The zero-order valence-electron chi connectivity index (χ0n) is 8.12. The molecule has 0 aromatic carbocycles. The molecule has 0 aliphatic carbocycles. The Kier molecular flexibility index (Phi) is 3.71. The third-order valence-corrected chi connectivity index (χ3v) is 1.88. The van der Waals surface area contributed by atoms with Crippen LogP contribution in [0.3, 0.4) is 0 Å². The molecular formula is C9H12ClN3O. The highest BCUT2D eigenvalue weighted by atomic mass is 35.5. The van der Waals surface area contributed by atoms with Gasteiger partial charge in [-0.3, -0.25) is 4.79 Å². The molecule has 0 bridgehead atoms. The van der Waals surface area contributed by atoms with E-state index in [4.69, 9.17) is 11.6 Å². The minimum atomic E-state index is 0.0120. The van der Waals surface area contributed by atoms with E-state index in [1.54, 1.807) is 32.4 Å². The Hall–Kier alpha value is -1.29. The summed E-state index contributed by atoms with van der Waals surface area (Å²) in [5, 5.41) is 3.36. The quantitative estimate of drug-likeness (QED) is 0.769. The van der Waals surface area contributed by atoms with Crippen LogP contribution in [-0.2, 0) is 4.79 Å². The van der Waals surface area contributed by atoms with Gasteiger partial charge >= 0.3 is 0 Å². The van der Waals surface area contributed by atoms with E-state index in [-0.39, 0.29) is 12.5 Å². The average molecular weight is 214 g/mol. The summed E-state index contributed by atoms with van der Waals surface area (Å²) in [4.78, 5) is 16.6. The van der Waals surface area contributed by atoms with Crippen LogP contribution in [0.25, 0.3) is 0 Å². The maximum Gasteiger partial charge on any atom is 0.241 e. The Labute approximate surface area is 87.9 Å². The minimum Gasteiger partial charge on any atom is -0.376 e. The first kappa shape index (κ1) is 10.8. The summed E-state index contributed by atoms with van der Waals surface area (Å²) in [7, 11) is 3.42. The molecule has 1 aromatic heterocycles. The highest BCUT2D eigenvalue weighted by Crippen LogP contribution is 2.11. The van der Waals surface area contributed by atoms with Crippen LogP contribution >= 0.6 is 11.6 Å². The third kappa shape index (κ3) is 3.22. The number of nitrogens with zero attached hydrogens (tertiary/aromatic N) is 2. The fraction of sp³-hybridized carbons (Fsp3) is 0.333. The van der Waals surface area contributed by atoms with Crippen LogP contribution in [0.5, 0.6) is 0 Å². The number of pyridine rings is 1. The highest BCUT2D eigenvalue weighted by molar-refractivity contribution is 6.29. The van der Waals surface area contributed by atoms with E-state index < -0.39 is 0 Å². The topological polar surface area (TPSA) is 45.2 Å². The van der Waals surface area contributed by atoms with Gasteiger partial charge in [-0.1, -0.05) is 11.6 Å². The standard InChI is InChI=1S/C9H12ClN3O/c1-13(2)9(14)6-12-7-3-4-11-8(10)5-7/h3-5H,6H2,1-2H3,(H,11,12). The smallest absolute Gasteiger partial charge is 0.241 e. The van der Waals surface area contributed by atoms with Gasteiger partial charge in [-0.05, 0) is 12.1 Å². The fourth-order valence-corrected chi connectivity index (χ4v) is 1.02. The van der Waals surface area contributed by atoms with Crippen molar-refractivity contribution >= 4 is 23.2 Å². The predicted molar refractivity (Wildman–Crippen MR) is 56.4 cm³/mol. The zero-order chi connectivity index (χ0) is 10.6. The van der Waals surface area contributed by atoms with Gasteiger partial charge in [0.25, 0.3) is 0 Å². The van der Waals surface area contributed by atoms with Gasteiger partial charge in [0.2, 0.25) is 5.91 Å². The summed E-state index contributed by atoms with van der Waals surface area (Å²) >= 11 is 5.68. The van der Waals surface area contributed by atoms with Gasteiger partial charge in [0.1, 0.15) is 5.15 Å². The van der Waals surface area contributed by atoms with E-state index in [1.807, 2.05) is 0 Å². The van der Waals surface area contributed by atoms with Crippen molar-refractivity contribution in [2.75, 3.05) is 26.0 Å². The van der Waals surface area contributed by atoms with Crippen molar-refractivity contribution in [2.45, 2.75) is 0 Å². The number of carbonyl (C=O) groups excluding carboxylic acids is 1. The highest BCUT2D eigenvalue weighted by Gasteiger charge is 2.02. The lowest BCUT2D eigenvalue weighted by Gasteiger charge is -2.11. The lowest BCUT2D eigenvalue weighted by atomic mass is 10.4. The molecule has 1 N–H and O–H groups in total. The molecule has 0 saturated carbocycles. The van der Waals surface area contributed by atoms with Crippen LogP contribution in [0.4, 0.5) is 5.69 Å². The molecule has 4 nitrogen and oxygen atoms in total. The number of halogens is 1. The van der Waals surface area contributed by atoms with Crippen molar-refractivity contribution < 1.29 is 4.79 Å². The van der Waals surface area contributed by atoms with Crippen LogP contribution in [0.1, 0.15) is 0 Å². The number of carbonyl (C=O) groups is 1. The number of hydrogen-bond acceptors (Lipinski definition) is 3. The van der Waals surface area contributed by atoms with Gasteiger partial charge in [-0.25, -0.2) is 4.98 Å². The van der Waals surface area contributed by atoms with Gasteiger partial charge < -0.3 is 10.2 Å². The largest absolute Gasteiger partial charge is 0.376 e. The number of amides is 1. The van der Waals surface area contributed by atoms with Crippen LogP contribution in [-0.4, -0.2) is 36.4 Å². The van der Waals surface area contributed by atoms with E-state index in [1.165, 1.54) is 4.90 Å². The number of hydrogen-bond donors (Lipinski definition) is 1. The molecular weight excluding hydrogens is 202 g/mol. The van der Waals surface area contributed by atoms with Crippen LogP contribution in [0.2, 0.25) is 5.15 Å². The van der Waals surface area contributed by atoms with Gasteiger partial charge in [0, 0.05) is 26.0 Å². The lowest BCUT2D eigenvalue weighted by molar-refractivity contribution is -0.126. The van der Waals surface area contributed by atoms with Crippen molar-refractivity contribution in [3.63, 3.8) is 0 Å². The van der Waals surface area contributed by atoms with E-state index in [0.29, 0.717) is 5.15 Å². The second-order valence-electron chi connectivity index (χ2n) is 3.01. The Morgan fingerprint density at radius 1 is 1.64 bits per heavy atom. The molecule has 0 unspecified atom stereocenters. The normalized spacial score (nSPS) is 9.64. The zero-order valence-corrected chi connectivity index (χ0v) is 8.88. The summed E-state index contributed by atoms with van der Waals surface area (Å²) in [6, 6.07) is 3.43. The molecule has 1 aromatic rings. The van der Waals surface area contributed by atoms with Crippen LogP contribution < -0.4 is 5.32 Å². The van der Waals surface area contributed by atoms with Gasteiger partial charge in [-0.2, -0.15) is 0 Å². The Balaban J connectivity index is 2.50. The molecule has 0 aliphatic heterocycles. The molecule has 0 spiro atoms. The second-order valence-corrected chi connectivity index (χ2v) is 3.40. The SMILES string of the molecule is CN(C)C(=O)CNc1ccnc(Cl)c1. The molecule has 5 heteroatoms. The first-order chi connectivity index (χ1) is 6.59. The van der Waals surface area contributed by atoms with Crippen molar-refractivity contribution in [2.24, 2.45) is 0 Å². The van der Waals surface area contributed by atoms with E-state index in [2.05, 4.69) is 10.3 Å². The summed E-state index contributed by atoms with van der Waals surface area (Å²) in [6.45, 7) is 0.257. The Morgan fingerprint density at radius 3 is 2.93 bits per heavy atom. The minimum absolute atomic E-state index is 0.0120. The summed E-state index contributed by atoms with van der Waals surface area (Å²) < 4.78 is 0. The van der Waals surface area contributed by atoms with Gasteiger partial charge in [0.05, 0.1) is 6.54 Å². The van der Waals surface area contributed by atoms with Gasteiger partial charge in [-0.15, -0.1) is 0 Å². The molecule has 0 atom stereocenters. The summed E-state index contributed by atoms with van der Waals surface area (Å²) in [5.74, 6) is 0.0120. The monoisotopic (exact) mass is 213 g/mol. The molecule has 0 saturated heterocycles. The van der Waals surface area contributed by atoms with Crippen LogP contribution in [0.15, 0.2) is 18.3 Å². The molecule has 0 aliphatic rings. The molecule has 0 fully saturated rings.